The van der Waals surface area contributed by atoms with Crippen LogP contribution in [0.2, 0.25) is 0 Å². The fourth-order valence-electron chi connectivity index (χ4n) is 0.403. The molecule has 0 aromatic heterocycles. The second kappa shape index (κ2) is 4.91. The predicted octanol–water partition coefficient (Wildman–Crippen LogP) is 1.45. The Bertz CT molecular complexity index is 209. The number of hydrogen-bond acceptors (Lipinski definition) is 1. The van der Waals surface area contributed by atoms with Gasteiger partial charge in [0.25, 0.3) is 0 Å². The first-order valence-electron chi connectivity index (χ1n) is 2.50. The minimum atomic E-state index is -5.88. The van der Waals surface area contributed by atoms with Crippen molar-refractivity contribution in [1.82, 2.24) is 0 Å². The van der Waals surface area contributed by atoms with E-state index < -0.39 is 21.7 Å². The number of aliphatic carboxylic acids is 1. The van der Waals surface area contributed by atoms with Gasteiger partial charge in [-0.15, -0.1) is 0 Å². The molecule has 0 saturated heterocycles. The third-order valence-corrected chi connectivity index (χ3v) is 2.76. The molecule has 0 amide bonds. The molecular weight excluding hydrogens is 361 g/mol. The zero-order valence-corrected chi connectivity index (χ0v) is 7.66. The molecule has 0 spiro atoms. The Hall–Kier alpha value is 1.04. The topological polar surface area (TPSA) is 37.3 Å². The van der Waals surface area contributed by atoms with Crippen LogP contribution < -0.4 is 0 Å². The van der Waals surface area contributed by atoms with E-state index in [1.54, 1.807) is 0 Å². The Morgan fingerprint density at radius 2 is 1.21 bits per heavy atom. The van der Waals surface area contributed by atoms with Crippen LogP contribution in [0.25, 0.3) is 0 Å². The molecule has 0 rings (SSSR count). The number of alkyl halides is 7. The standard InChI is InChI=1S/C4HF6IO2.Ca.2H/c5-3(6,7)2(11,1(12)13)4(8,9)10;;;/h(H,12,13);;;. The number of carbonyl (C=O) groups is 1. The molecule has 82 valence electrons. The zero-order valence-electron chi connectivity index (χ0n) is 5.50. The maximum absolute atomic E-state index is 11.7. The zero-order chi connectivity index (χ0) is 11.1. The van der Waals surface area contributed by atoms with Crippen molar-refractivity contribution in [2.24, 2.45) is 0 Å². The van der Waals surface area contributed by atoms with Crippen molar-refractivity contribution in [1.29, 1.82) is 0 Å². The van der Waals surface area contributed by atoms with Crippen LogP contribution >= 0.6 is 22.6 Å². The Labute approximate surface area is 117 Å². The molecule has 0 aromatic rings. The van der Waals surface area contributed by atoms with Gasteiger partial charge < -0.3 is 5.11 Å². The summed E-state index contributed by atoms with van der Waals surface area (Å²) in [5.41, 5.74) is 0. The molecule has 2 nitrogen and oxygen atoms in total. The molecule has 0 fully saturated rings. The second-order valence-electron chi connectivity index (χ2n) is 1.96. The normalized spacial score (nSPS) is 13.4. The molecule has 0 unspecified atom stereocenters. The van der Waals surface area contributed by atoms with E-state index in [0.717, 1.165) is 0 Å². The van der Waals surface area contributed by atoms with E-state index in [0.29, 0.717) is 0 Å². The van der Waals surface area contributed by atoms with Crippen LogP contribution in [-0.4, -0.2) is 64.6 Å². The van der Waals surface area contributed by atoms with Crippen molar-refractivity contribution in [2.45, 2.75) is 15.8 Å². The molecule has 14 heavy (non-hydrogen) atoms. The summed E-state index contributed by atoms with van der Waals surface area (Å²) in [5.74, 6) is -2.98. The van der Waals surface area contributed by atoms with Gasteiger partial charge in [0.05, 0.1) is 0 Å². The Kier molecular flexibility index (Phi) is 6.12. The second-order valence-corrected chi connectivity index (χ2v) is 3.58. The van der Waals surface area contributed by atoms with Crippen LogP contribution in [0.4, 0.5) is 26.3 Å². The molecule has 0 aliphatic rings. The van der Waals surface area contributed by atoms with Gasteiger partial charge in [-0.1, -0.05) is 0 Å². The third kappa shape index (κ3) is 3.01. The van der Waals surface area contributed by atoms with Crippen LogP contribution in [0.3, 0.4) is 0 Å². The Balaban J connectivity index is 0. The molecule has 1 N–H and O–H groups in total. The molecule has 0 radical (unpaired) electrons. The van der Waals surface area contributed by atoms with Gasteiger partial charge in [-0.3, -0.25) is 4.79 Å². The molecule has 0 heterocycles. The van der Waals surface area contributed by atoms with Crippen molar-refractivity contribution in [2.75, 3.05) is 0 Å². The summed E-state index contributed by atoms with van der Waals surface area (Å²) < 4.78 is 65.7. The maximum atomic E-state index is 11.7. The van der Waals surface area contributed by atoms with Crippen LogP contribution in [-0.2, 0) is 4.79 Å². The Morgan fingerprint density at radius 3 is 1.21 bits per heavy atom. The fourth-order valence-corrected chi connectivity index (χ4v) is 0.403. The van der Waals surface area contributed by atoms with Crippen LogP contribution in [0.1, 0.15) is 0 Å². The van der Waals surface area contributed by atoms with Gasteiger partial charge in [-0.2, -0.15) is 26.3 Å². The van der Waals surface area contributed by atoms with E-state index in [1.165, 1.54) is 0 Å². The first-order chi connectivity index (χ1) is 5.44. The van der Waals surface area contributed by atoms with E-state index in [1.807, 2.05) is 0 Å². The van der Waals surface area contributed by atoms with Crippen molar-refractivity contribution >= 4 is 66.3 Å². The van der Waals surface area contributed by atoms with Gasteiger partial charge in [0, 0.05) is 0 Å². The summed E-state index contributed by atoms with van der Waals surface area (Å²) in [6, 6.07) is 0. The van der Waals surface area contributed by atoms with Gasteiger partial charge >= 0.3 is 59.5 Å². The average molecular weight is 364 g/mol. The SMILES string of the molecule is O=C(O)C(I)(C(F)(F)F)C(F)(F)F.[CaH2]. The van der Waals surface area contributed by atoms with Gasteiger partial charge in [0.2, 0.25) is 0 Å². The number of rotatable bonds is 1. The monoisotopic (exact) mass is 364 g/mol. The van der Waals surface area contributed by atoms with E-state index in [9.17, 15) is 31.1 Å². The third-order valence-electron chi connectivity index (χ3n) is 1.08. The first kappa shape index (κ1) is 17.4. The molecule has 0 atom stereocenters. The predicted molar refractivity (Wildman–Crippen MR) is 45.0 cm³/mol. The van der Waals surface area contributed by atoms with E-state index in [2.05, 4.69) is 0 Å². The summed E-state index contributed by atoms with van der Waals surface area (Å²) in [7, 11) is 0. The van der Waals surface area contributed by atoms with Gasteiger partial charge in [0.1, 0.15) is 0 Å². The number of carboxylic acid groups (broad SMARTS) is 1. The Morgan fingerprint density at radius 1 is 1.00 bits per heavy atom. The number of carboxylic acids is 1. The van der Waals surface area contributed by atoms with Gasteiger partial charge in [0.15, 0.2) is 0 Å². The summed E-state index contributed by atoms with van der Waals surface area (Å²) >= 11 is -0.171. The minimum absolute atomic E-state index is 0. The summed E-state index contributed by atoms with van der Waals surface area (Å²) in [6.45, 7) is 0. The average Bonchev–Trinajstić information content (AvgIpc) is 1.80. The molecule has 0 aliphatic carbocycles. The van der Waals surface area contributed by atoms with Crippen molar-refractivity contribution in [3.63, 3.8) is 0 Å². The molecule has 0 aromatic carbocycles. The van der Waals surface area contributed by atoms with Crippen LogP contribution in [0.15, 0.2) is 0 Å². The number of halogens is 7. The molecular formula is C4H3CaF6IO2. The quantitative estimate of drug-likeness (QED) is 0.331. The summed E-state index contributed by atoms with van der Waals surface area (Å²) in [6.07, 6.45) is -11.8. The van der Waals surface area contributed by atoms with Crippen LogP contribution in [0.5, 0.6) is 0 Å². The first-order valence-corrected chi connectivity index (χ1v) is 3.58. The molecule has 10 heteroatoms. The molecule has 0 saturated carbocycles. The van der Waals surface area contributed by atoms with Crippen molar-refractivity contribution < 1.29 is 36.2 Å². The van der Waals surface area contributed by atoms with Crippen molar-refractivity contribution in [3.8, 4) is 0 Å². The summed E-state index contributed by atoms with van der Waals surface area (Å²) in [4.78, 5) is 9.87. The summed E-state index contributed by atoms with van der Waals surface area (Å²) in [5, 5.41) is 7.86. The van der Waals surface area contributed by atoms with Crippen LogP contribution in [0, 0.1) is 0 Å². The fraction of sp³-hybridized carbons (Fsp3) is 0.750. The van der Waals surface area contributed by atoms with Crippen molar-refractivity contribution in [3.05, 3.63) is 0 Å². The number of hydrogen-bond donors (Lipinski definition) is 1. The van der Waals surface area contributed by atoms with Gasteiger partial charge in [-0.25, -0.2) is 0 Å². The van der Waals surface area contributed by atoms with Gasteiger partial charge in [-0.05, 0) is 22.6 Å². The van der Waals surface area contributed by atoms with E-state index >= 15 is 0 Å². The molecule has 0 aliphatic heterocycles. The van der Waals surface area contributed by atoms with E-state index in [4.69, 9.17) is 5.11 Å². The van der Waals surface area contributed by atoms with E-state index in [-0.39, 0.29) is 60.3 Å². The molecule has 0 bridgehead atoms.